The molecule has 0 saturated carbocycles. The molecule has 0 unspecified atom stereocenters. The van der Waals surface area contributed by atoms with E-state index in [1.54, 1.807) is 42.5 Å². The van der Waals surface area contributed by atoms with Gasteiger partial charge >= 0.3 is 6.09 Å². The summed E-state index contributed by atoms with van der Waals surface area (Å²) in [6.45, 7) is 2.66. The predicted molar refractivity (Wildman–Crippen MR) is 105 cm³/mol. The molecular formula is C20H24N2O6. The van der Waals surface area contributed by atoms with Crippen LogP contribution in [0.5, 0.6) is 11.5 Å². The topological polar surface area (TPSA) is 95.1 Å². The molecule has 0 bridgehead atoms. The highest BCUT2D eigenvalue weighted by Gasteiger charge is 2.09. The molecule has 0 aliphatic rings. The molecule has 2 amide bonds. The minimum Gasteiger partial charge on any atom is -0.490 e. The van der Waals surface area contributed by atoms with Crippen LogP contribution in [0.15, 0.2) is 48.5 Å². The SMILES string of the molecule is CCOc1ccccc1OCC(=O)Nc1cccc(NC(=O)OCCOC)c1. The van der Waals surface area contributed by atoms with Gasteiger partial charge in [0, 0.05) is 18.5 Å². The van der Waals surface area contributed by atoms with Gasteiger partial charge < -0.3 is 24.3 Å². The number of carbonyl (C=O) groups is 2. The lowest BCUT2D eigenvalue weighted by Gasteiger charge is -2.12. The number of hydrogen-bond donors (Lipinski definition) is 2. The Morgan fingerprint density at radius 2 is 1.57 bits per heavy atom. The van der Waals surface area contributed by atoms with Crippen LogP contribution in [0.2, 0.25) is 0 Å². The maximum absolute atomic E-state index is 12.2. The van der Waals surface area contributed by atoms with Gasteiger partial charge in [-0.25, -0.2) is 4.79 Å². The number of ether oxygens (including phenoxy) is 4. The molecule has 0 spiro atoms. The Balaban J connectivity index is 1.86. The third kappa shape index (κ3) is 7.16. The maximum Gasteiger partial charge on any atom is 0.411 e. The van der Waals surface area contributed by atoms with E-state index in [4.69, 9.17) is 18.9 Å². The lowest BCUT2D eigenvalue weighted by atomic mass is 10.2. The first-order valence-electron chi connectivity index (χ1n) is 8.79. The van der Waals surface area contributed by atoms with Gasteiger partial charge in [-0.05, 0) is 37.3 Å². The standard InChI is InChI=1S/C20H24N2O6/c1-3-26-17-9-4-5-10-18(17)28-14-19(23)21-15-7-6-8-16(13-15)22-20(24)27-12-11-25-2/h4-10,13H,3,11-12,14H2,1-2H3,(H,21,23)(H,22,24). The van der Waals surface area contributed by atoms with Gasteiger partial charge in [0.1, 0.15) is 6.61 Å². The van der Waals surface area contributed by atoms with Gasteiger partial charge in [0.25, 0.3) is 5.91 Å². The van der Waals surface area contributed by atoms with E-state index in [9.17, 15) is 9.59 Å². The van der Waals surface area contributed by atoms with Crippen molar-refractivity contribution in [1.29, 1.82) is 0 Å². The molecule has 28 heavy (non-hydrogen) atoms. The normalized spacial score (nSPS) is 10.1. The van der Waals surface area contributed by atoms with Crippen molar-refractivity contribution < 1.29 is 28.5 Å². The second-order valence-electron chi connectivity index (χ2n) is 5.55. The fourth-order valence-corrected chi connectivity index (χ4v) is 2.23. The molecule has 0 aromatic heterocycles. The Kier molecular flexibility index (Phi) is 8.61. The number of benzene rings is 2. The van der Waals surface area contributed by atoms with Crippen LogP contribution in [0.1, 0.15) is 6.92 Å². The molecule has 8 nitrogen and oxygen atoms in total. The first kappa shape index (κ1) is 21.0. The molecular weight excluding hydrogens is 364 g/mol. The van der Waals surface area contributed by atoms with E-state index in [0.29, 0.717) is 36.1 Å². The molecule has 0 aliphatic heterocycles. The monoisotopic (exact) mass is 388 g/mol. The van der Waals surface area contributed by atoms with Crippen molar-refractivity contribution in [2.45, 2.75) is 6.92 Å². The van der Waals surface area contributed by atoms with E-state index in [2.05, 4.69) is 10.6 Å². The number of amides is 2. The number of rotatable bonds is 10. The van der Waals surface area contributed by atoms with Crippen LogP contribution >= 0.6 is 0 Å². The lowest BCUT2D eigenvalue weighted by molar-refractivity contribution is -0.118. The smallest absolute Gasteiger partial charge is 0.411 e. The van der Waals surface area contributed by atoms with E-state index in [0.717, 1.165) is 0 Å². The molecule has 0 saturated heterocycles. The number of anilines is 2. The van der Waals surface area contributed by atoms with Gasteiger partial charge in [0.2, 0.25) is 0 Å². The van der Waals surface area contributed by atoms with Crippen molar-refractivity contribution in [3.05, 3.63) is 48.5 Å². The summed E-state index contributed by atoms with van der Waals surface area (Å²) in [6, 6.07) is 13.8. The summed E-state index contributed by atoms with van der Waals surface area (Å²) in [4.78, 5) is 23.8. The quantitative estimate of drug-likeness (QED) is 0.607. The average Bonchev–Trinajstić information content (AvgIpc) is 2.68. The van der Waals surface area contributed by atoms with Crippen molar-refractivity contribution >= 4 is 23.4 Å². The van der Waals surface area contributed by atoms with Crippen LogP contribution in [-0.4, -0.2) is 45.5 Å². The first-order valence-corrected chi connectivity index (χ1v) is 8.79. The van der Waals surface area contributed by atoms with Crippen molar-refractivity contribution in [2.24, 2.45) is 0 Å². The largest absolute Gasteiger partial charge is 0.490 e. The second-order valence-corrected chi connectivity index (χ2v) is 5.55. The third-order valence-electron chi connectivity index (χ3n) is 3.42. The molecule has 2 aromatic carbocycles. The summed E-state index contributed by atoms with van der Waals surface area (Å²) >= 11 is 0. The lowest BCUT2D eigenvalue weighted by Crippen LogP contribution is -2.20. The van der Waals surface area contributed by atoms with Crippen LogP contribution < -0.4 is 20.1 Å². The van der Waals surface area contributed by atoms with Gasteiger partial charge in [-0.15, -0.1) is 0 Å². The van der Waals surface area contributed by atoms with Crippen LogP contribution in [0.4, 0.5) is 16.2 Å². The van der Waals surface area contributed by atoms with Gasteiger partial charge in [0.15, 0.2) is 18.1 Å². The minimum absolute atomic E-state index is 0.152. The molecule has 0 radical (unpaired) electrons. The summed E-state index contributed by atoms with van der Waals surface area (Å²) < 4.78 is 20.7. The second kappa shape index (κ2) is 11.5. The van der Waals surface area contributed by atoms with Gasteiger partial charge in [-0.3, -0.25) is 10.1 Å². The zero-order valence-corrected chi connectivity index (χ0v) is 15.9. The van der Waals surface area contributed by atoms with Crippen LogP contribution in [0.3, 0.4) is 0 Å². The summed E-state index contributed by atoms with van der Waals surface area (Å²) in [5.74, 6) is 0.732. The molecule has 0 aliphatic carbocycles. The Labute approximate surface area is 163 Å². The Bertz CT molecular complexity index is 781. The molecule has 0 atom stereocenters. The number of methoxy groups -OCH3 is 1. The van der Waals surface area contributed by atoms with Crippen LogP contribution in [-0.2, 0) is 14.3 Å². The number of nitrogens with one attached hydrogen (secondary N) is 2. The number of carbonyl (C=O) groups excluding carboxylic acids is 2. The zero-order chi connectivity index (χ0) is 20.2. The van der Waals surface area contributed by atoms with E-state index >= 15 is 0 Å². The summed E-state index contributed by atoms with van der Waals surface area (Å²) in [7, 11) is 1.52. The Hall–Kier alpha value is -3.26. The van der Waals surface area contributed by atoms with Gasteiger partial charge in [-0.2, -0.15) is 0 Å². The van der Waals surface area contributed by atoms with Crippen LogP contribution in [0.25, 0.3) is 0 Å². The van der Waals surface area contributed by atoms with Crippen molar-refractivity contribution in [2.75, 3.05) is 44.2 Å². The van der Waals surface area contributed by atoms with Gasteiger partial charge in [0.05, 0.1) is 13.2 Å². The highest BCUT2D eigenvalue weighted by Crippen LogP contribution is 2.26. The highest BCUT2D eigenvalue weighted by atomic mass is 16.6. The Morgan fingerprint density at radius 3 is 2.25 bits per heavy atom. The molecule has 2 aromatic rings. The minimum atomic E-state index is -0.601. The molecule has 2 N–H and O–H groups in total. The van der Waals surface area contributed by atoms with Crippen LogP contribution in [0, 0.1) is 0 Å². The summed E-state index contributed by atoms with van der Waals surface area (Å²) in [5, 5.41) is 5.29. The fraction of sp³-hybridized carbons (Fsp3) is 0.300. The zero-order valence-electron chi connectivity index (χ0n) is 15.9. The Morgan fingerprint density at radius 1 is 0.893 bits per heavy atom. The third-order valence-corrected chi connectivity index (χ3v) is 3.42. The van der Waals surface area contributed by atoms with Crippen molar-refractivity contribution in [1.82, 2.24) is 0 Å². The predicted octanol–water partition coefficient (Wildman–Crippen LogP) is 3.30. The van der Waals surface area contributed by atoms with Crippen molar-refractivity contribution in [3.63, 3.8) is 0 Å². The molecule has 2 rings (SSSR count). The van der Waals surface area contributed by atoms with Crippen molar-refractivity contribution in [3.8, 4) is 11.5 Å². The van der Waals surface area contributed by atoms with E-state index in [1.165, 1.54) is 7.11 Å². The molecule has 0 heterocycles. The average molecular weight is 388 g/mol. The molecule has 150 valence electrons. The molecule has 0 fully saturated rings. The number of para-hydroxylation sites is 2. The first-order chi connectivity index (χ1) is 13.6. The summed E-state index contributed by atoms with van der Waals surface area (Å²) in [5.41, 5.74) is 1.00. The fourth-order valence-electron chi connectivity index (χ4n) is 2.23. The van der Waals surface area contributed by atoms with E-state index < -0.39 is 6.09 Å². The molecule has 8 heteroatoms. The maximum atomic E-state index is 12.2. The number of hydrogen-bond acceptors (Lipinski definition) is 6. The van der Waals surface area contributed by atoms with Gasteiger partial charge in [-0.1, -0.05) is 18.2 Å². The van der Waals surface area contributed by atoms with E-state index in [-0.39, 0.29) is 19.1 Å². The highest BCUT2D eigenvalue weighted by molar-refractivity contribution is 5.93. The summed E-state index contributed by atoms with van der Waals surface area (Å²) in [6.07, 6.45) is -0.601. The van der Waals surface area contributed by atoms with E-state index in [1.807, 2.05) is 13.0 Å².